The Morgan fingerprint density at radius 2 is 2.38 bits per heavy atom. The van der Waals surface area contributed by atoms with Gasteiger partial charge in [0.2, 0.25) is 0 Å². The van der Waals surface area contributed by atoms with E-state index in [1.807, 2.05) is 11.6 Å². The zero-order valence-corrected chi connectivity index (χ0v) is 11.4. The number of rotatable bonds is 2. The number of halogens is 1. The Bertz CT molecular complexity index is 420. The van der Waals surface area contributed by atoms with E-state index in [-0.39, 0.29) is 0 Å². The summed E-state index contributed by atoms with van der Waals surface area (Å²) >= 11 is 3.61. The molecule has 88 valence electrons. The number of nitrogens with two attached hydrogens (primary N) is 1. The lowest BCUT2D eigenvalue weighted by Crippen LogP contribution is -2.13. The molecule has 1 atom stereocenters. The fourth-order valence-electron chi connectivity index (χ4n) is 2.19. The molecule has 2 N–H and O–H groups in total. The van der Waals surface area contributed by atoms with Crippen LogP contribution in [-0.4, -0.2) is 15.8 Å². The van der Waals surface area contributed by atoms with Gasteiger partial charge < -0.3 is 5.73 Å². The smallest absolute Gasteiger partial charge is 0.0754 e. The summed E-state index contributed by atoms with van der Waals surface area (Å²) in [5, 5.41) is 4.48. The van der Waals surface area contributed by atoms with Crippen molar-refractivity contribution in [2.24, 2.45) is 5.73 Å². The van der Waals surface area contributed by atoms with Crippen molar-refractivity contribution in [1.82, 2.24) is 9.78 Å². The largest absolute Gasteiger partial charge is 0.327 e. The Morgan fingerprint density at radius 3 is 2.94 bits per heavy atom. The van der Waals surface area contributed by atoms with E-state index < -0.39 is 0 Å². The van der Waals surface area contributed by atoms with Gasteiger partial charge in [-0.2, -0.15) is 5.10 Å². The molecule has 0 saturated heterocycles. The number of hydrogen-bond acceptors (Lipinski definition) is 2. The molecule has 0 amide bonds. The van der Waals surface area contributed by atoms with Crippen LogP contribution in [0.4, 0.5) is 0 Å². The zero-order chi connectivity index (χ0) is 11.7. The van der Waals surface area contributed by atoms with E-state index in [2.05, 4.69) is 34.0 Å². The molecule has 1 unspecified atom stereocenters. The summed E-state index contributed by atoms with van der Waals surface area (Å²) in [6, 6.07) is 0.351. The Hall–Kier alpha value is -0.610. The average molecular weight is 284 g/mol. The lowest BCUT2D eigenvalue weighted by molar-refractivity contribution is 0.647. The molecule has 1 saturated carbocycles. The van der Waals surface area contributed by atoms with Gasteiger partial charge in [0.05, 0.1) is 15.9 Å². The molecule has 3 nitrogen and oxygen atoms in total. The van der Waals surface area contributed by atoms with Gasteiger partial charge in [0, 0.05) is 12.6 Å². The summed E-state index contributed by atoms with van der Waals surface area (Å²) < 4.78 is 3.15. The third kappa shape index (κ3) is 2.23. The van der Waals surface area contributed by atoms with Gasteiger partial charge in [-0.05, 0) is 55.1 Å². The van der Waals surface area contributed by atoms with E-state index in [0.29, 0.717) is 6.04 Å². The number of nitrogens with zero attached hydrogens (tertiary/aromatic N) is 2. The van der Waals surface area contributed by atoms with Crippen molar-refractivity contribution in [3.05, 3.63) is 21.4 Å². The van der Waals surface area contributed by atoms with Crippen LogP contribution < -0.4 is 5.73 Å². The Labute approximate surface area is 105 Å². The van der Waals surface area contributed by atoms with Crippen LogP contribution in [0.1, 0.15) is 37.6 Å². The predicted octanol–water partition coefficient (Wildman–Crippen LogP) is 2.87. The Kier molecular flexibility index (Phi) is 3.50. The van der Waals surface area contributed by atoms with Crippen molar-refractivity contribution >= 4 is 22.0 Å². The Balaban J connectivity index is 2.33. The SMILES string of the molecule is CCn1nc(C)c(Br)c1C=C1CCC(N)C1. The molecule has 0 aliphatic heterocycles. The van der Waals surface area contributed by atoms with Crippen LogP contribution in [0.25, 0.3) is 6.08 Å². The van der Waals surface area contributed by atoms with Crippen LogP contribution in [-0.2, 0) is 6.54 Å². The first-order valence-electron chi connectivity index (χ1n) is 5.79. The molecule has 1 aliphatic rings. The van der Waals surface area contributed by atoms with Gasteiger partial charge in [-0.3, -0.25) is 4.68 Å². The van der Waals surface area contributed by atoms with Crippen LogP contribution in [0.3, 0.4) is 0 Å². The van der Waals surface area contributed by atoms with Gasteiger partial charge in [0.25, 0.3) is 0 Å². The molecule has 16 heavy (non-hydrogen) atoms. The fourth-order valence-corrected chi connectivity index (χ4v) is 2.59. The predicted molar refractivity (Wildman–Crippen MR) is 70.1 cm³/mol. The molecule has 1 heterocycles. The highest BCUT2D eigenvalue weighted by atomic mass is 79.9. The first-order valence-corrected chi connectivity index (χ1v) is 6.59. The van der Waals surface area contributed by atoms with Crippen LogP contribution in [0.5, 0.6) is 0 Å². The molecule has 1 fully saturated rings. The standard InChI is InChI=1S/C12H18BrN3/c1-3-16-11(12(13)8(2)15-16)7-9-4-5-10(14)6-9/h7,10H,3-6,14H2,1-2H3. The van der Waals surface area contributed by atoms with E-state index in [0.717, 1.165) is 36.0 Å². The van der Waals surface area contributed by atoms with Crippen molar-refractivity contribution in [1.29, 1.82) is 0 Å². The molecule has 0 aromatic carbocycles. The topological polar surface area (TPSA) is 43.8 Å². The third-order valence-electron chi connectivity index (χ3n) is 3.09. The van der Waals surface area contributed by atoms with Gasteiger partial charge in [-0.1, -0.05) is 5.57 Å². The van der Waals surface area contributed by atoms with Crippen LogP contribution >= 0.6 is 15.9 Å². The van der Waals surface area contributed by atoms with Crippen LogP contribution in [0, 0.1) is 6.92 Å². The van der Waals surface area contributed by atoms with E-state index in [9.17, 15) is 0 Å². The molecule has 0 radical (unpaired) electrons. The van der Waals surface area contributed by atoms with Gasteiger partial charge in [-0.25, -0.2) is 0 Å². The fraction of sp³-hybridized carbons (Fsp3) is 0.583. The number of hydrogen-bond donors (Lipinski definition) is 1. The van der Waals surface area contributed by atoms with E-state index in [1.165, 1.54) is 11.3 Å². The highest BCUT2D eigenvalue weighted by Crippen LogP contribution is 2.29. The minimum Gasteiger partial charge on any atom is -0.327 e. The normalized spacial score (nSPS) is 23.2. The summed E-state index contributed by atoms with van der Waals surface area (Å²) in [6.07, 6.45) is 5.52. The molecule has 4 heteroatoms. The van der Waals surface area contributed by atoms with Crippen molar-refractivity contribution in [3.63, 3.8) is 0 Å². The van der Waals surface area contributed by atoms with Crippen molar-refractivity contribution < 1.29 is 0 Å². The van der Waals surface area contributed by atoms with E-state index >= 15 is 0 Å². The highest BCUT2D eigenvalue weighted by molar-refractivity contribution is 9.10. The summed E-state index contributed by atoms with van der Waals surface area (Å²) in [7, 11) is 0. The zero-order valence-electron chi connectivity index (χ0n) is 9.83. The molecule has 1 aromatic heterocycles. The quantitative estimate of drug-likeness (QED) is 0.907. The maximum Gasteiger partial charge on any atom is 0.0754 e. The molecule has 2 rings (SSSR count). The summed E-state index contributed by atoms with van der Waals surface area (Å²) in [5.74, 6) is 0. The number of aryl methyl sites for hydroxylation is 2. The van der Waals surface area contributed by atoms with Crippen molar-refractivity contribution in [2.75, 3.05) is 0 Å². The van der Waals surface area contributed by atoms with E-state index in [4.69, 9.17) is 5.73 Å². The average Bonchev–Trinajstić information content (AvgIpc) is 2.77. The Morgan fingerprint density at radius 1 is 1.62 bits per heavy atom. The maximum atomic E-state index is 5.92. The second kappa shape index (κ2) is 4.72. The van der Waals surface area contributed by atoms with Gasteiger partial charge in [0.15, 0.2) is 0 Å². The lowest BCUT2D eigenvalue weighted by Gasteiger charge is -2.02. The molecule has 1 aliphatic carbocycles. The number of aromatic nitrogens is 2. The third-order valence-corrected chi connectivity index (χ3v) is 4.07. The van der Waals surface area contributed by atoms with Crippen LogP contribution in [0.2, 0.25) is 0 Å². The van der Waals surface area contributed by atoms with Crippen LogP contribution in [0.15, 0.2) is 10.0 Å². The maximum absolute atomic E-state index is 5.92. The second-order valence-corrected chi connectivity index (χ2v) is 5.20. The first kappa shape index (κ1) is 11.9. The van der Waals surface area contributed by atoms with Gasteiger partial charge in [0.1, 0.15) is 0 Å². The molecule has 1 aromatic rings. The van der Waals surface area contributed by atoms with Gasteiger partial charge in [-0.15, -0.1) is 0 Å². The summed E-state index contributed by atoms with van der Waals surface area (Å²) in [4.78, 5) is 0. The second-order valence-electron chi connectivity index (χ2n) is 4.41. The molecular weight excluding hydrogens is 266 g/mol. The van der Waals surface area contributed by atoms with E-state index in [1.54, 1.807) is 0 Å². The van der Waals surface area contributed by atoms with Crippen molar-refractivity contribution in [3.8, 4) is 0 Å². The minimum atomic E-state index is 0.351. The van der Waals surface area contributed by atoms with Crippen molar-refractivity contribution in [2.45, 2.75) is 45.7 Å². The monoisotopic (exact) mass is 283 g/mol. The lowest BCUT2D eigenvalue weighted by atomic mass is 10.2. The highest BCUT2D eigenvalue weighted by Gasteiger charge is 2.17. The summed E-state index contributed by atoms with van der Waals surface area (Å²) in [6.45, 7) is 5.04. The molecule has 0 bridgehead atoms. The molecular formula is C12H18BrN3. The van der Waals surface area contributed by atoms with Gasteiger partial charge >= 0.3 is 0 Å². The molecule has 0 spiro atoms. The first-order chi connectivity index (χ1) is 7.61. The minimum absolute atomic E-state index is 0.351. The summed E-state index contributed by atoms with van der Waals surface area (Å²) in [5.41, 5.74) is 9.60.